The van der Waals surface area contributed by atoms with Crippen LogP contribution in [0.2, 0.25) is 4.34 Å². The second-order valence-electron chi connectivity index (χ2n) is 4.57. The van der Waals surface area contributed by atoms with Crippen LogP contribution in [0.25, 0.3) is 0 Å². The van der Waals surface area contributed by atoms with Crippen LogP contribution in [0, 0.1) is 6.92 Å². The lowest BCUT2D eigenvalue weighted by Crippen LogP contribution is -2.25. The predicted octanol–water partition coefficient (Wildman–Crippen LogP) is 5.28. The normalized spacial score (nSPS) is 14.3. The maximum Gasteiger partial charge on any atom is 0.0931 e. The van der Waals surface area contributed by atoms with Crippen molar-refractivity contribution in [3.63, 3.8) is 0 Å². The summed E-state index contributed by atoms with van der Waals surface area (Å²) in [5.74, 6) is 0. The van der Waals surface area contributed by atoms with Gasteiger partial charge in [0.05, 0.1) is 9.59 Å². The van der Waals surface area contributed by atoms with Gasteiger partial charge in [0, 0.05) is 15.8 Å². The molecule has 0 saturated carbocycles. The fourth-order valence-electron chi connectivity index (χ4n) is 1.89. The van der Waals surface area contributed by atoms with Crippen LogP contribution in [-0.2, 0) is 0 Å². The Labute approximate surface area is 128 Å². The fourth-order valence-corrected chi connectivity index (χ4v) is 4.56. The zero-order valence-corrected chi connectivity index (χ0v) is 13.5. The van der Waals surface area contributed by atoms with Crippen LogP contribution >= 0.6 is 34.7 Å². The first kappa shape index (κ1) is 14.9. The summed E-state index contributed by atoms with van der Waals surface area (Å²) in [5, 5.41) is 0.268. The fraction of sp³-hybridized carbons (Fsp3) is 0.333. The van der Waals surface area contributed by atoms with Crippen molar-refractivity contribution in [1.82, 2.24) is 0 Å². The number of aryl methyl sites for hydroxylation is 1. The number of benzene rings is 1. The van der Waals surface area contributed by atoms with E-state index in [1.807, 2.05) is 17.8 Å². The minimum atomic E-state index is 0.139. The smallest absolute Gasteiger partial charge is 0.0931 e. The van der Waals surface area contributed by atoms with Gasteiger partial charge in [0.15, 0.2) is 0 Å². The van der Waals surface area contributed by atoms with Crippen molar-refractivity contribution in [3.05, 3.63) is 51.2 Å². The van der Waals surface area contributed by atoms with Gasteiger partial charge >= 0.3 is 0 Å². The molecule has 0 aliphatic heterocycles. The number of thiophene rings is 1. The Morgan fingerprint density at radius 2 is 2.11 bits per heavy atom. The molecular weight excluding hydrogens is 294 g/mol. The summed E-state index contributed by atoms with van der Waals surface area (Å²) in [5.41, 5.74) is 7.56. The van der Waals surface area contributed by atoms with Crippen LogP contribution in [0.5, 0.6) is 0 Å². The largest absolute Gasteiger partial charge is 0.326 e. The Hall–Kier alpha value is -0.480. The van der Waals surface area contributed by atoms with E-state index in [0.717, 1.165) is 10.8 Å². The number of rotatable bonds is 5. The monoisotopic (exact) mass is 311 g/mol. The van der Waals surface area contributed by atoms with Crippen molar-refractivity contribution < 1.29 is 0 Å². The highest BCUT2D eigenvalue weighted by Gasteiger charge is 2.21. The zero-order chi connectivity index (χ0) is 13.8. The highest BCUT2D eigenvalue weighted by molar-refractivity contribution is 7.99. The van der Waals surface area contributed by atoms with Crippen LogP contribution in [0.1, 0.15) is 29.0 Å². The molecule has 19 heavy (non-hydrogen) atoms. The van der Waals surface area contributed by atoms with Crippen molar-refractivity contribution in [2.45, 2.75) is 36.5 Å². The topological polar surface area (TPSA) is 26.0 Å². The van der Waals surface area contributed by atoms with Gasteiger partial charge in [-0.25, -0.2) is 0 Å². The van der Waals surface area contributed by atoms with Crippen molar-refractivity contribution >= 4 is 34.7 Å². The van der Waals surface area contributed by atoms with E-state index in [1.54, 1.807) is 11.3 Å². The average molecular weight is 312 g/mol. The summed E-state index contributed by atoms with van der Waals surface area (Å²) < 4.78 is 0.827. The predicted molar refractivity (Wildman–Crippen MR) is 87.4 cm³/mol. The summed E-state index contributed by atoms with van der Waals surface area (Å²) in [6, 6.07) is 12.7. The van der Waals surface area contributed by atoms with Gasteiger partial charge in [0.2, 0.25) is 0 Å². The second-order valence-corrected chi connectivity index (χ2v) is 7.53. The van der Waals surface area contributed by atoms with Gasteiger partial charge in [-0.1, -0.05) is 36.2 Å². The molecule has 0 spiro atoms. The molecule has 0 aliphatic carbocycles. The van der Waals surface area contributed by atoms with Gasteiger partial charge in [-0.3, -0.25) is 0 Å². The number of thioether (sulfide) groups is 1. The van der Waals surface area contributed by atoms with E-state index in [-0.39, 0.29) is 11.3 Å². The van der Waals surface area contributed by atoms with Crippen molar-refractivity contribution in [1.29, 1.82) is 0 Å². The van der Waals surface area contributed by atoms with Crippen LogP contribution in [0.3, 0.4) is 0 Å². The molecule has 2 aromatic rings. The average Bonchev–Trinajstić information content (AvgIpc) is 2.81. The molecule has 0 fully saturated rings. The Kier molecular flexibility index (Phi) is 5.34. The highest BCUT2D eigenvalue weighted by Crippen LogP contribution is 2.42. The van der Waals surface area contributed by atoms with Gasteiger partial charge < -0.3 is 5.73 Å². The van der Waals surface area contributed by atoms with Crippen molar-refractivity contribution in [2.75, 3.05) is 0 Å². The van der Waals surface area contributed by atoms with E-state index in [2.05, 4.69) is 44.2 Å². The summed E-state index contributed by atoms with van der Waals surface area (Å²) in [4.78, 5) is 2.52. The molecule has 0 amide bonds. The van der Waals surface area contributed by atoms with Gasteiger partial charge in [-0.15, -0.1) is 23.1 Å². The Morgan fingerprint density at radius 3 is 2.68 bits per heavy atom. The molecule has 2 unspecified atom stereocenters. The van der Waals surface area contributed by atoms with E-state index < -0.39 is 0 Å². The van der Waals surface area contributed by atoms with E-state index in [0.29, 0.717) is 0 Å². The third-order valence-electron chi connectivity index (χ3n) is 2.99. The molecule has 0 aliphatic rings. The standard InChI is InChI=1S/C15H18ClNS2/c1-3-12(17)15(13-7-8-14(16)19-13)18-11-6-4-5-10(2)9-11/h4-9,12,15H,3,17H2,1-2H3. The summed E-state index contributed by atoms with van der Waals surface area (Å²) in [7, 11) is 0. The van der Waals surface area contributed by atoms with E-state index in [4.69, 9.17) is 17.3 Å². The Morgan fingerprint density at radius 1 is 1.32 bits per heavy atom. The van der Waals surface area contributed by atoms with Crippen LogP contribution in [0.15, 0.2) is 41.3 Å². The molecule has 1 heterocycles. The summed E-state index contributed by atoms with van der Waals surface area (Å²) >= 11 is 9.51. The number of hydrogen-bond donors (Lipinski definition) is 1. The third kappa shape index (κ3) is 3.99. The zero-order valence-electron chi connectivity index (χ0n) is 11.1. The molecule has 2 N–H and O–H groups in total. The van der Waals surface area contributed by atoms with Gasteiger partial charge in [-0.05, 0) is 37.6 Å². The minimum absolute atomic E-state index is 0.139. The SMILES string of the molecule is CCC(N)C(Sc1cccc(C)c1)c1ccc(Cl)s1. The molecule has 0 saturated heterocycles. The lowest BCUT2D eigenvalue weighted by Gasteiger charge is -2.21. The molecule has 0 bridgehead atoms. The molecule has 2 rings (SSSR count). The second kappa shape index (κ2) is 6.80. The summed E-state index contributed by atoms with van der Waals surface area (Å²) in [6.07, 6.45) is 0.957. The van der Waals surface area contributed by atoms with Gasteiger partial charge in [-0.2, -0.15) is 0 Å². The molecule has 1 aromatic heterocycles. The third-order valence-corrected chi connectivity index (χ3v) is 5.83. The quantitative estimate of drug-likeness (QED) is 0.760. The highest BCUT2D eigenvalue weighted by atomic mass is 35.5. The Balaban J connectivity index is 2.24. The molecule has 4 heteroatoms. The molecule has 1 nitrogen and oxygen atoms in total. The lowest BCUT2D eigenvalue weighted by atomic mass is 10.1. The number of nitrogens with two attached hydrogens (primary N) is 1. The first-order valence-corrected chi connectivity index (χ1v) is 8.41. The molecule has 2 atom stereocenters. The van der Waals surface area contributed by atoms with Crippen LogP contribution in [-0.4, -0.2) is 6.04 Å². The van der Waals surface area contributed by atoms with Gasteiger partial charge in [0.1, 0.15) is 0 Å². The number of hydrogen-bond acceptors (Lipinski definition) is 3. The van der Waals surface area contributed by atoms with Crippen molar-refractivity contribution in [2.24, 2.45) is 5.73 Å². The van der Waals surface area contributed by atoms with Crippen LogP contribution < -0.4 is 5.73 Å². The first-order chi connectivity index (χ1) is 9.10. The van der Waals surface area contributed by atoms with E-state index >= 15 is 0 Å². The van der Waals surface area contributed by atoms with E-state index in [1.165, 1.54) is 15.3 Å². The maximum atomic E-state index is 6.29. The van der Waals surface area contributed by atoms with Gasteiger partial charge in [0.25, 0.3) is 0 Å². The summed E-state index contributed by atoms with van der Waals surface area (Å²) in [6.45, 7) is 4.24. The molecule has 1 aromatic carbocycles. The number of halogens is 1. The van der Waals surface area contributed by atoms with Crippen LogP contribution in [0.4, 0.5) is 0 Å². The molecule has 102 valence electrons. The maximum absolute atomic E-state index is 6.29. The molecular formula is C15H18ClNS2. The molecule has 0 radical (unpaired) electrons. The van der Waals surface area contributed by atoms with Crippen molar-refractivity contribution in [3.8, 4) is 0 Å². The Bertz CT molecular complexity index is 538. The van der Waals surface area contributed by atoms with E-state index in [9.17, 15) is 0 Å². The minimum Gasteiger partial charge on any atom is -0.326 e. The lowest BCUT2D eigenvalue weighted by molar-refractivity contribution is 0.640. The first-order valence-electron chi connectivity index (χ1n) is 6.34.